The summed E-state index contributed by atoms with van der Waals surface area (Å²) in [5, 5.41) is 5.14. The molecule has 2 aromatic carbocycles. The maximum atomic E-state index is 6.11. The number of benzene rings is 2. The molecule has 0 saturated carbocycles. The number of fused-ring (bicyclic) bond motifs is 1. The topological polar surface area (TPSA) is 42.9 Å². The zero-order chi connectivity index (χ0) is 16.2. The SMILES string of the molecule is C/C(CCc1ccc2c(c1)OCO2)=N/Nc1ccc(C)c(Cl)c1. The van der Waals surface area contributed by atoms with E-state index in [2.05, 4.69) is 16.6 Å². The number of hydrazone groups is 1. The number of nitrogens with one attached hydrogen (secondary N) is 1. The third-order valence-electron chi connectivity index (χ3n) is 3.76. The molecule has 2 aromatic rings. The molecule has 1 aliphatic heterocycles. The molecule has 0 aliphatic carbocycles. The van der Waals surface area contributed by atoms with E-state index in [1.165, 1.54) is 5.56 Å². The Kier molecular flexibility index (Phi) is 4.72. The van der Waals surface area contributed by atoms with Gasteiger partial charge >= 0.3 is 0 Å². The van der Waals surface area contributed by atoms with Crippen molar-refractivity contribution in [2.24, 2.45) is 5.10 Å². The van der Waals surface area contributed by atoms with Gasteiger partial charge in [-0.1, -0.05) is 23.7 Å². The van der Waals surface area contributed by atoms with Crippen molar-refractivity contribution in [3.8, 4) is 11.5 Å². The number of hydrogen-bond acceptors (Lipinski definition) is 4. The highest BCUT2D eigenvalue weighted by Gasteiger charge is 2.12. The predicted molar refractivity (Wildman–Crippen MR) is 93.8 cm³/mol. The fraction of sp³-hybridized carbons (Fsp3) is 0.278. The maximum absolute atomic E-state index is 6.11. The zero-order valence-corrected chi connectivity index (χ0v) is 14.0. The Morgan fingerprint density at radius 3 is 2.83 bits per heavy atom. The molecular formula is C18H19ClN2O2. The molecule has 1 aliphatic rings. The normalized spacial score (nSPS) is 13.3. The van der Waals surface area contributed by atoms with Crippen LogP contribution in [0.25, 0.3) is 0 Å². The Morgan fingerprint density at radius 2 is 2.00 bits per heavy atom. The smallest absolute Gasteiger partial charge is 0.231 e. The van der Waals surface area contributed by atoms with Gasteiger partial charge in [-0.25, -0.2) is 0 Å². The van der Waals surface area contributed by atoms with E-state index < -0.39 is 0 Å². The minimum Gasteiger partial charge on any atom is -0.454 e. The van der Waals surface area contributed by atoms with Gasteiger partial charge in [0.05, 0.1) is 5.69 Å². The average Bonchev–Trinajstić information content (AvgIpc) is 3.01. The van der Waals surface area contributed by atoms with Crippen LogP contribution in [-0.2, 0) is 6.42 Å². The van der Waals surface area contributed by atoms with Crippen molar-refractivity contribution in [3.63, 3.8) is 0 Å². The van der Waals surface area contributed by atoms with Gasteiger partial charge in [-0.15, -0.1) is 0 Å². The second kappa shape index (κ2) is 6.92. The largest absolute Gasteiger partial charge is 0.454 e. The highest BCUT2D eigenvalue weighted by Crippen LogP contribution is 2.32. The van der Waals surface area contributed by atoms with Crippen LogP contribution in [0.3, 0.4) is 0 Å². The van der Waals surface area contributed by atoms with Gasteiger partial charge in [0.15, 0.2) is 11.5 Å². The number of halogens is 1. The first-order valence-corrected chi connectivity index (χ1v) is 7.93. The van der Waals surface area contributed by atoms with Crippen molar-refractivity contribution < 1.29 is 9.47 Å². The molecule has 0 radical (unpaired) electrons. The summed E-state index contributed by atoms with van der Waals surface area (Å²) in [7, 11) is 0. The number of hydrogen-bond donors (Lipinski definition) is 1. The van der Waals surface area contributed by atoms with E-state index in [-0.39, 0.29) is 0 Å². The van der Waals surface area contributed by atoms with Crippen LogP contribution in [0.15, 0.2) is 41.5 Å². The number of aryl methyl sites for hydroxylation is 2. The van der Waals surface area contributed by atoms with E-state index in [1.54, 1.807) is 0 Å². The Bertz CT molecular complexity index is 744. The van der Waals surface area contributed by atoms with E-state index in [4.69, 9.17) is 21.1 Å². The van der Waals surface area contributed by atoms with E-state index >= 15 is 0 Å². The second-order valence-corrected chi connectivity index (χ2v) is 6.02. The van der Waals surface area contributed by atoms with Gasteiger partial charge in [-0.3, -0.25) is 5.43 Å². The van der Waals surface area contributed by atoms with Crippen LogP contribution in [0.4, 0.5) is 5.69 Å². The van der Waals surface area contributed by atoms with Crippen molar-refractivity contribution in [1.82, 2.24) is 0 Å². The minimum absolute atomic E-state index is 0.308. The third-order valence-corrected chi connectivity index (χ3v) is 4.17. The van der Waals surface area contributed by atoms with Gasteiger partial charge in [-0.05, 0) is 62.1 Å². The third kappa shape index (κ3) is 3.96. The molecule has 120 valence electrons. The Labute approximate surface area is 141 Å². The van der Waals surface area contributed by atoms with Crippen molar-refractivity contribution >= 4 is 23.0 Å². The molecular weight excluding hydrogens is 312 g/mol. The maximum Gasteiger partial charge on any atom is 0.231 e. The summed E-state index contributed by atoms with van der Waals surface area (Å²) in [6.45, 7) is 4.30. The quantitative estimate of drug-likeness (QED) is 0.632. The number of anilines is 1. The molecule has 1 heterocycles. The van der Waals surface area contributed by atoms with Gasteiger partial charge in [0.1, 0.15) is 0 Å². The Morgan fingerprint density at radius 1 is 1.17 bits per heavy atom. The molecule has 0 aromatic heterocycles. The van der Waals surface area contributed by atoms with Gasteiger partial charge in [0.2, 0.25) is 6.79 Å². The molecule has 3 rings (SSSR count). The van der Waals surface area contributed by atoms with E-state index in [9.17, 15) is 0 Å². The fourth-order valence-electron chi connectivity index (χ4n) is 2.30. The number of nitrogens with zero attached hydrogens (tertiary/aromatic N) is 1. The van der Waals surface area contributed by atoms with Crippen molar-refractivity contribution in [2.75, 3.05) is 12.2 Å². The highest BCUT2D eigenvalue weighted by molar-refractivity contribution is 6.31. The first-order valence-electron chi connectivity index (χ1n) is 7.55. The molecule has 4 nitrogen and oxygen atoms in total. The lowest BCUT2D eigenvalue weighted by atomic mass is 10.1. The van der Waals surface area contributed by atoms with E-state index in [1.807, 2.05) is 44.2 Å². The van der Waals surface area contributed by atoms with Gasteiger partial charge in [-0.2, -0.15) is 5.10 Å². The van der Waals surface area contributed by atoms with Crippen LogP contribution in [0, 0.1) is 6.92 Å². The second-order valence-electron chi connectivity index (χ2n) is 5.61. The van der Waals surface area contributed by atoms with Crippen molar-refractivity contribution in [1.29, 1.82) is 0 Å². The lowest BCUT2D eigenvalue weighted by Gasteiger charge is -2.06. The van der Waals surface area contributed by atoms with Gasteiger partial charge < -0.3 is 9.47 Å². The summed E-state index contributed by atoms with van der Waals surface area (Å²) in [5.74, 6) is 1.64. The molecule has 0 unspecified atom stereocenters. The lowest BCUT2D eigenvalue weighted by molar-refractivity contribution is 0.174. The Hall–Kier alpha value is -2.20. The zero-order valence-electron chi connectivity index (χ0n) is 13.2. The lowest BCUT2D eigenvalue weighted by Crippen LogP contribution is -2.00. The number of ether oxygens (including phenoxy) is 2. The van der Waals surface area contributed by atoms with Crippen LogP contribution in [0.5, 0.6) is 11.5 Å². The molecule has 0 amide bonds. The standard InChI is InChI=1S/C18H19ClN2O2/c1-12-3-7-15(10-16(12)19)21-20-13(2)4-5-14-6-8-17-18(9-14)23-11-22-17/h3,6-10,21H,4-5,11H2,1-2H3/b20-13-. The Balaban J connectivity index is 1.56. The first kappa shape index (κ1) is 15.7. The fourth-order valence-corrected chi connectivity index (χ4v) is 2.48. The molecule has 0 saturated heterocycles. The van der Waals surface area contributed by atoms with Crippen LogP contribution in [-0.4, -0.2) is 12.5 Å². The molecule has 0 atom stereocenters. The molecule has 0 fully saturated rings. The summed E-state index contributed by atoms with van der Waals surface area (Å²) in [6.07, 6.45) is 1.77. The molecule has 0 bridgehead atoms. The summed E-state index contributed by atoms with van der Waals surface area (Å²) in [6, 6.07) is 11.9. The summed E-state index contributed by atoms with van der Waals surface area (Å²) >= 11 is 6.11. The summed E-state index contributed by atoms with van der Waals surface area (Å²) in [4.78, 5) is 0. The van der Waals surface area contributed by atoms with Crippen molar-refractivity contribution in [2.45, 2.75) is 26.7 Å². The van der Waals surface area contributed by atoms with Crippen LogP contribution >= 0.6 is 11.6 Å². The van der Waals surface area contributed by atoms with Crippen molar-refractivity contribution in [3.05, 3.63) is 52.5 Å². The van der Waals surface area contributed by atoms with Crippen LogP contribution in [0.1, 0.15) is 24.5 Å². The van der Waals surface area contributed by atoms with Gasteiger partial charge in [0, 0.05) is 10.7 Å². The molecule has 23 heavy (non-hydrogen) atoms. The molecule has 5 heteroatoms. The number of rotatable bonds is 5. The first-order chi connectivity index (χ1) is 11.1. The minimum atomic E-state index is 0.308. The average molecular weight is 331 g/mol. The van der Waals surface area contributed by atoms with Crippen LogP contribution in [0.2, 0.25) is 5.02 Å². The predicted octanol–water partition coefficient (Wildman–Crippen LogP) is 4.80. The monoisotopic (exact) mass is 330 g/mol. The van der Waals surface area contributed by atoms with Crippen LogP contribution < -0.4 is 14.9 Å². The van der Waals surface area contributed by atoms with E-state index in [0.29, 0.717) is 6.79 Å². The van der Waals surface area contributed by atoms with Gasteiger partial charge in [0.25, 0.3) is 0 Å². The summed E-state index contributed by atoms with van der Waals surface area (Å²) < 4.78 is 10.7. The highest BCUT2D eigenvalue weighted by atomic mass is 35.5. The summed E-state index contributed by atoms with van der Waals surface area (Å²) in [5.41, 5.74) is 7.23. The molecule has 0 spiro atoms. The van der Waals surface area contributed by atoms with E-state index in [0.717, 1.165) is 46.3 Å². The molecule has 1 N–H and O–H groups in total.